The number of fused-ring (bicyclic) bond motifs is 3. The normalized spacial score (nSPS) is 29.9. The number of esters is 2. The number of nitrogens with two attached hydrogens (primary N) is 1. The highest BCUT2D eigenvalue weighted by Crippen LogP contribution is 2.60. The number of carbonyl (C=O) groups excluding carboxylic acids is 2. The van der Waals surface area contributed by atoms with Crippen LogP contribution in [-0.2, 0) is 46.3 Å². The summed E-state index contributed by atoms with van der Waals surface area (Å²) >= 11 is 0. The molecule has 9 N–H and O–H groups in total. The second-order valence-corrected chi connectivity index (χ2v) is 23.2. The van der Waals surface area contributed by atoms with Gasteiger partial charge in [0.15, 0.2) is 6.10 Å². The molecule has 0 aliphatic carbocycles. The molecule has 0 radical (unpaired) electrons. The molecular weight excluding hydrogens is 1000 g/mol. The summed E-state index contributed by atoms with van der Waals surface area (Å²) in [6.45, 7) is 3.78. The molecule has 74 heavy (non-hydrogen) atoms. The molecule has 0 amide bonds. The molecule has 3 rings (SSSR count). The first-order valence-electron chi connectivity index (χ1n) is 27.0. The van der Waals surface area contributed by atoms with Crippen molar-refractivity contribution in [1.82, 2.24) is 9.55 Å². The van der Waals surface area contributed by atoms with Crippen molar-refractivity contribution in [2.24, 2.45) is 17.8 Å². The van der Waals surface area contributed by atoms with E-state index in [-0.39, 0.29) is 18.7 Å². The van der Waals surface area contributed by atoms with Crippen LogP contribution in [0.15, 0.2) is 41.4 Å². The number of nitrogens with zero attached hydrogens (tertiary/aromatic N) is 2. The second-order valence-electron chi connectivity index (χ2n) is 20.2. The number of phosphoric acid groups is 2. The molecule has 1 aromatic heterocycles. The lowest BCUT2D eigenvalue weighted by Crippen LogP contribution is -2.52. The third-order valence-corrected chi connectivity index (χ3v) is 15.9. The van der Waals surface area contributed by atoms with E-state index in [4.69, 9.17) is 29.0 Å². The molecular formula is C51H89N3O18P2. The van der Waals surface area contributed by atoms with Crippen molar-refractivity contribution < 1.29 is 81.6 Å². The van der Waals surface area contributed by atoms with Crippen molar-refractivity contribution >= 4 is 33.4 Å². The molecule has 2 aliphatic rings. The van der Waals surface area contributed by atoms with Crippen molar-refractivity contribution in [3.63, 3.8) is 0 Å². The molecule has 0 aromatic carbocycles. The number of phosphoric ester groups is 2. The zero-order valence-corrected chi connectivity index (χ0v) is 45.7. The van der Waals surface area contributed by atoms with E-state index in [1.54, 1.807) is 0 Å². The van der Waals surface area contributed by atoms with Crippen molar-refractivity contribution in [1.29, 1.82) is 0 Å². The number of allylic oxidation sites excluding steroid dienone is 1. The van der Waals surface area contributed by atoms with Gasteiger partial charge < -0.3 is 55.3 Å². The van der Waals surface area contributed by atoms with E-state index < -0.39 is 127 Å². The van der Waals surface area contributed by atoms with Gasteiger partial charge in [-0.05, 0) is 31.2 Å². The Kier molecular flexibility index (Phi) is 31.4. The van der Waals surface area contributed by atoms with Gasteiger partial charge in [0.2, 0.25) is 0 Å². The predicted molar refractivity (Wildman–Crippen MR) is 277 cm³/mol. The Hall–Kier alpha value is -2.88. The summed E-state index contributed by atoms with van der Waals surface area (Å²) < 4.78 is 58.7. The number of unbranched alkanes of at least 4 members (excludes halogenated alkanes) is 16. The highest BCUT2D eigenvalue weighted by atomic mass is 31.3. The van der Waals surface area contributed by atoms with Gasteiger partial charge in [-0.1, -0.05) is 161 Å². The predicted octanol–water partition coefficient (Wildman–Crippen LogP) is 7.63. The number of aliphatic hydroxyl groups excluding tert-OH is 5. The summed E-state index contributed by atoms with van der Waals surface area (Å²) in [5.41, 5.74) is 4.74. The Bertz CT molecular complexity index is 1970. The van der Waals surface area contributed by atoms with Gasteiger partial charge in [-0.15, -0.1) is 0 Å². The number of ether oxygens (including phenoxy) is 3. The Labute approximate surface area is 437 Å². The molecule has 21 nitrogen and oxygen atoms in total. The van der Waals surface area contributed by atoms with E-state index in [0.717, 1.165) is 55.2 Å². The number of aromatic nitrogens is 2. The first kappa shape index (κ1) is 65.4. The number of anilines is 1. The van der Waals surface area contributed by atoms with Crippen LogP contribution in [0.3, 0.4) is 0 Å². The molecule has 1 saturated heterocycles. The van der Waals surface area contributed by atoms with E-state index in [1.807, 2.05) is 6.92 Å². The van der Waals surface area contributed by atoms with Crippen LogP contribution in [0.5, 0.6) is 0 Å². The van der Waals surface area contributed by atoms with Crippen molar-refractivity contribution in [2.45, 2.75) is 224 Å². The summed E-state index contributed by atoms with van der Waals surface area (Å²) in [4.78, 5) is 64.2. The van der Waals surface area contributed by atoms with Crippen LogP contribution in [0, 0.1) is 17.8 Å². The zero-order valence-electron chi connectivity index (χ0n) is 43.9. The standard InChI is InChI=1S/C51H89N3O18P2/c1-4-5-19-25-38(55)29-30-40-42(56)33-43(57)41-26-22-23-28-47(59)70-39(34-67-46(58)27-21-18-16-14-12-10-8-6-7-9-11-13-15-17-20-24-37(2)3)35-68-73(63,64)72-74(65,66)69-36-44(49(61)48(40)60)71-50(41)54-32-31-45(52)53-51(54)62/h22-23,29-32,37-44,48-50,55-57,60-61H,4-21,24-28,33-36H2,1-3H3,(H,63,64)(H,65,66)(H2,52,53,62)/b23-22-,30-29?/t38-,39-,40+,41-,42-,43+,44-,48+,49-,50-/m1/s1. The summed E-state index contributed by atoms with van der Waals surface area (Å²) in [7, 11) is -11.3. The van der Waals surface area contributed by atoms with Gasteiger partial charge in [0, 0.05) is 30.9 Å². The lowest BCUT2D eigenvalue weighted by Gasteiger charge is -2.40. The largest absolute Gasteiger partial charge is 0.481 e. The van der Waals surface area contributed by atoms with Gasteiger partial charge in [-0.3, -0.25) is 23.2 Å². The smallest absolute Gasteiger partial charge is 0.462 e. The van der Waals surface area contributed by atoms with Gasteiger partial charge in [0.25, 0.3) is 0 Å². The Morgan fingerprint density at radius 1 is 0.824 bits per heavy atom. The average molecular weight is 1090 g/mol. The molecule has 1 fully saturated rings. The van der Waals surface area contributed by atoms with Crippen molar-refractivity contribution in [3.8, 4) is 0 Å². The molecule has 2 bridgehead atoms. The van der Waals surface area contributed by atoms with Crippen LogP contribution in [-0.4, -0.2) is 119 Å². The molecule has 426 valence electrons. The van der Waals surface area contributed by atoms with Crippen molar-refractivity contribution in [3.05, 3.63) is 47.1 Å². The summed E-state index contributed by atoms with van der Waals surface area (Å²) in [6.07, 6.45) is 13.4. The summed E-state index contributed by atoms with van der Waals surface area (Å²) in [5, 5.41) is 57.3. The van der Waals surface area contributed by atoms with Crippen LogP contribution in [0.4, 0.5) is 5.82 Å². The van der Waals surface area contributed by atoms with Gasteiger partial charge >= 0.3 is 33.3 Å². The molecule has 0 spiro atoms. The molecule has 23 heteroatoms. The lowest BCUT2D eigenvalue weighted by atomic mass is 9.82. The second kappa shape index (κ2) is 35.5. The monoisotopic (exact) mass is 1090 g/mol. The van der Waals surface area contributed by atoms with Crippen LogP contribution in [0.25, 0.3) is 0 Å². The van der Waals surface area contributed by atoms with E-state index in [2.05, 4.69) is 23.1 Å². The minimum Gasteiger partial charge on any atom is -0.462 e. The molecule has 2 unspecified atom stereocenters. The average Bonchev–Trinajstić information content (AvgIpc) is 3.32. The van der Waals surface area contributed by atoms with E-state index in [0.29, 0.717) is 19.3 Å². The fourth-order valence-corrected chi connectivity index (χ4v) is 11.1. The first-order valence-corrected chi connectivity index (χ1v) is 30.0. The SMILES string of the molecule is CCCCC[C@@H](O)C=C[C@@H]1[C@H](O)[C@H](O)[C@H]2COP(=O)(O)OP(=O)(O)OC[C@@H](COC(=O)CCCCCCCCCCCCCCCCCC(C)C)OC(=O)C/C=C\C[C@@H]([C@H](n3ccc(N)nc3=O)O2)[C@@H](O)C[C@H]1O. The number of hydrogen-bond donors (Lipinski definition) is 8. The third-order valence-electron chi connectivity index (χ3n) is 13.3. The highest BCUT2D eigenvalue weighted by molar-refractivity contribution is 7.61. The van der Waals surface area contributed by atoms with Gasteiger partial charge in [0.05, 0.1) is 44.1 Å². The number of carbonyl (C=O) groups is 2. The van der Waals surface area contributed by atoms with Gasteiger partial charge in [-0.2, -0.15) is 9.29 Å². The number of cyclic esters (lactones) is 1. The number of hydrogen-bond acceptors (Lipinski definition) is 18. The first-order chi connectivity index (χ1) is 35.2. The molecule has 1 aromatic rings. The lowest BCUT2D eigenvalue weighted by molar-refractivity contribution is -0.194. The van der Waals surface area contributed by atoms with Gasteiger partial charge in [0.1, 0.15) is 30.9 Å². The summed E-state index contributed by atoms with van der Waals surface area (Å²) in [6, 6.07) is 1.22. The molecule has 3 heterocycles. The van der Waals surface area contributed by atoms with E-state index >= 15 is 0 Å². The van der Waals surface area contributed by atoms with Crippen molar-refractivity contribution in [2.75, 3.05) is 25.6 Å². The fourth-order valence-electron chi connectivity index (χ4n) is 8.99. The third kappa shape index (κ3) is 26.4. The quantitative estimate of drug-likeness (QED) is 0.0182. The maximum atomic E-state index is 13.3. The number of rotatable bonds is 27. The molecule has 2 aliphatic heterocycles. The van der Waals surface area contributed by atoms with Crippen LogP contribution >= 0.6 is 15.6 Å². The summed E-state index contributed by atoms with van der Waals surface area (Å²) in [5.74, 6) is -3.62. The van der Waals surface area contributed by atoms with E-state index in [1.165, 1.54) is 101 Å². The zero-order chi connectivity index (χ0) is 54.5. The topological polar surface area (TPSA) is 326 Å². The van der Waals surface area contributed by atoms with Crippen LogP contribution in [0.1, 0.15) is 181 Å². The molecule has 0 saturated carbocycles. The van der Waals surface area contributed by atoms with Crippen LogP contribution < -0.4 is 11.4 Å². The maximum Gasteiger partial charge on any atom is 0.481 e. The Balaban J connectivity index is 1.70. The minimum absolute atomic E-state index is 0.0637. The minimum atomic E-state index is -5.69. The van der Waals surface area contributed by atoms with Gasteiger partial charge in [-0.25, -0.2) is 13.9 Å². The van der Waals surface area contributed by atoms with E-state index in [9.17, 15) is 58.8 Å². The number of aliphatic hydroxyl groups is 5. The molecule has 12 atom stereocenters. The fraction of sp³-hybridized carbons (Fsp3) is 0.804. The highest BCUT2D eigenvalue weighted by Gasteiger charge is 2.45. The Morgan fingerprint density at radius 2 is 1.41 bits per heavy atom. The number of nitrogen functional groups attached to an aromatic ring is 1. The maximum absolute atomic E-state index is 13.3. The Morgan fingerprint density at radius 3 is 2.00 bits per heavy atom. The van der Waals surface area contributed by atoms with Crippen LogP contribution in [0.2, 0.25) is 0 Å².